The Labute approximate surface area is 142 Å². The molecular formula is C17H16FNO4S. The van der Waals surface area contributed by atoms with Crippen molar-refractivity contribution in [2.75, 3.05) is 26.8 Å². The highest BCUT2D eigenvalue weighted by Gasteiger charge is 2.27. The van der Waals surface area contributed by atoms with Gasteiger partial charge in [0.05, 0.1) is 25.1 Å². The Morgan fingerprint density at radius 3 is 2.62 bits per heavy atom. The second-order valence-corrected chi connectivity index (χ2v) is 6.40. The number of benzene rings is 1. The average molecular weight is 349 g/mol. The molecule has 1 fully saturated rings. The van der Waals surface area contributed by atoms with Gasteiger partial charge in [0.2, 0.25) is 0 Å². The molecule has 7 heteroatoms. The minimum atomic E-state index is -0.454. The fraction of sp³-hybridized carbons (Fsp3) is 0.294. The Kier molecular flexibility index (Phi) is 4.92. The zero-order valence-electron chi connectivity index (χ0n) is 13.0. The Hall–Kier alpha value is -2.25. The number of amides is 1. The van der Waals surface area contributed by atoms with Crippen molar-refractivity contribution in [2.24, 2.45) is 0 Å². The lowest BCUT2D eigenvalue weighted by atomic mass is 10.1. The molecule has 0 bridgehead atoms. The number of nitrogens with zero attached hydrogens (tertiary/aromatic N) is 1. The van der Waals surface area contributed by atoms with Crippen molar-refractivity contribution in [2.45, 2.75) is 6.10 Å². The quantitative estimate of drug-likeness (QED) is 0.800. The molecule has 1 saturated heterocycles. The van der Waals surface area contributed by atoms with Crippen LogP contribution in [0.15, 0.2) is 36.4 Å². The van der Waals surface area contributed by atoms with Crippen molar-refractivity contribution < 1.29 is 23.5 Å². The highest BCUT2D eigenvalue weighted by Crippen LogP contribution is 2.25. The van der Waals surface area contributed by atoms with E-state index in [0.29, 0.717) is 29.5 Å². The molecular weight excluding hydrogens is 333 g/mol. The van der Waals surface area contributed by atoms with Crippen molar-refractivity contribution in [1.82, 2.24) is 4.90 Å². The summed E-state index contributed by atoms with van der Waals surface area (Å²) in [7, 11) is 1.30. The first kappa shape index (κ1) is 16.6. The lowest BCUT2D eigenvalue weighted by molar-refractivity contribution is -0.0226. The van der Waals surface area contributed by atoms with E-state index in [1.807, 2.05) is 0 Å². The van der Waals surface area contributed by atoms with Crippen LogP contribution >= 0.6 is 11.3 Å². The van der Waals surface area contributed by atoms with Gasteiger partial charge in [-0.2, -0.15) is 0 Å². The van der Waals surface area contributed by atoms with Crippen molar-refractivity contribution in [3.63, 3.8) is 0 Å². The molecule has 1 unspecified atom stereocenters. The second kappa shape index (κ2) is 7.11. The summed E-state index contributed by atoms with van der Waals surface area (Å²) in [6.07, 6.45) is -0.289. The number of hydrogen-bond donors (Lipinski definition) is 0. The third-order valence-electron chi connectivity index (χ3n) is 3.80. The predicted molar refractivity (Wildman–Crippen MR) is 86.7 cm³/mol. The number of carbonyl (C=O) groups is 2. The Balaban J connectivity index is 1.72. The van der Waals surface area contributed by atoms with Crippen LogP contribution in [0.1, 0.15) is 31.0 Å². The number of carbonyl (C=O) groups excluding carboxylic acids is 2. The molecule has 126 valence electrons. The topological polar surface area (TPSA) is 55.8 Å². The number of hydrogen-bond acceptors (Lipinski definition) is 5. The van der Waals surface area contributed by atoms with Crippen molar-refractivity contribution in [3.05, 3.63) is 57.5 Å². The molecule has 2 aromatic rings. The van der Waals surface area contributed by atoms with Crippen molar-refractivity contribution in [3.8, 4) is 0 Å². The number of halogens is 1. The summed E-state index contributed by atoms with van der Waals surface area (Å²) in [5, 5.41) is 0. The van der Waals surface area contributed by atoms with Gasteiger partial charge in [-0.1, -0.05) is 12.1 Å². The zero-order valence-corrected chi connectivity index (χ0v) is 13.8. The largest absolute Gasteiger partial charge is 0.465 e. The molecule has 24 heavy (non-hydrogen) atoms. The summed E-state index contributed by atoms with van der Waals surface area (Å²) in [6.45, 7) is 1.26. The van der Waals surface area contributed by atoms with E-state index in [-0.39, 0.29) is 17.8 Å². The van der Waals surface area contributed by atoms with E-state index < -0.39 is 5.97 Å². The maximum absolute atomic E-state index is 13.0. The van der Waals surface area contributed by atoms with E-state index in [0.717, 1.165) is 16.9 Å². The maximum Gasteiger partial charge on any atom is 0.348 e. The predicted octanol–water partition coefficient (Wildman–Crippen LogP) is 2.89. The molecule has 0 N–H and O–H groups in total. The summed E-state index contributed by atoms with van der Waals surface area (Å²) in [5.41, 5.74) is 0.829. The first-order chi connectivity index (χ1) is 11.6. The van der Waals surface area contributed by atoms with Crippen LogP contribution in [0.5, 0.6) is 0 Å². The van der Waals surface area contributed by atoms with Gasteiger partial charge in [0.1, 0.15) is 16.8 Å². The highest BCUT2D eigenvalue weighted by molar-refractivity contribution is 7.15. The van der Waals surface area contributed by atoms with Crippen LogP contribution in [0.3, 0.4) is 0 Å². The summed E-state index contributed by atoms with van der Waals surface area (Å²) in [4.78, 5) is 26.7. The van der Waals surface area contributed by atoms with Gasteiger partial charge in [-0.3, -0.25) is 4.79 Å². The van der Waals surface area contributed by atoms with Gasteiger partial charge in [0, 0.05) is 6.54 Å². The summed E-state index contributed by atoms with van der Waals surface area (Å²) in [6, 6.07) is 9.29. The highest BCUT2D eigenvalue weighted by atomic mass is 32.1. The molecule has 3 rings (SSSR count). The molecule has 1 amide bonds. The maximum atomic E-state index is 13.0. The number of esters is 1. The van der Waals surface area contributed by atoms with Gasteiger partial charge < -0.3 is 14.4 Å². The zero-order chi connectivity index (χ0) is 17.1. The van der Waals surface area contributed by atoms with E-state index in [1.165, 1.54) is 19.2 Å². The third-order valence-corrected chi connectivity index (χ3v) is 4.85. The Bertz CT molecular complexity index is 743. The third kappa shape index (κ3) is 3.47. The number of rotatable bonds is 3. The lowest BCUT2D eigenvalue weighted by Crippen LogP contribution is -2.42. The van der Waals surface area contributed by atoms with Gasteiger partial charge >= 0.3 is 5.97 Å². The molecule has 5 nitrogen and oxygen atoms in total. The summed E-state index contributed by atoms with van der Waals surface area (Å²) < 4.78 is 23.4. The van der Waals surface area contributed by atoms with Crippen molar-refractivity contribution >= 4 is 23.2 Å². The molecule has 2 heterocycles. The van der Waals surface area contributed by atoms with E-state index in [1.54, 1.807) is 29.2 Å². The molecule has 0 spiro atoms. The van der Waals surface area contributed by atoms with E-state index in [2.05, 4.69) is 4.74 Å². The first-order valence-corrected chi connectivity index (χ1v) is 8.24. The van der Waals surface area contributed by atoms with Crippen molar-refractivity contribution in [1.29, 1.82) is 0 Å². The smallest absolute Gasteiger partial charge is 0.348 e. The molecule has 1 atom stereocenters. The average Bonchev–Trinajstić information content (AvgIpc) is 3.11. The van der Waals surface area contributed by atoms with Crippen LogP contribution < -0.4 is 0 Å². The SMILES string of the molecule is COC(=O)c1ccc(C(=O)N2CCOC(c3ccc(F)cc3)C2)s1. The standard InChI is InChI=1S/C17H16FNO4S/c1-22-17(21)15-7-6-14(24-15)16(20)19-8-9-23-13(10-19)11-2-4-12(18)5-3-11/h2-7,13H,8-10H2,1H3. The normalized spacial score (nSPS) is 17.6. The Morgan fingerprint density at radius 2 is 1.92 bits per heavy atom. The monoisotopic (exact) mass is 349 g/mol. The van der Waals surface area contributed by atoms with Crippen LogP contribution in [0.25, 0.3) is 0 Å². The van der Waals surface area contributed by atoms with Gasteiger partial charge in [-0.05, 0) is 29.8 Å². The first-order valence-electron chi connectivity index (χ1n) is 7.43. The fourth-order valence-electron chi connectivity index (χ4n) is 2.53. The molecule has 1 aliphatic rings. The summed E-state index contributed by atoms with van der Waals surface area (Å²) >= 11 is 1.11. The van der Waals surface area contributed by atoms with Gasteiger partial charge in [-0.15, -0.1) is 11.3 Å². The van der Waals surface area contributed by atoms with Crippen LogP contribution in [-0.2, 0) is 9.47 Å². The molecule has 0 radical (unpaired) electrons. The number of morpholine rings is 1. The van der Waals surface area contributed by atoms with Crippen LogP contribution in [0.2, 0.25) is 0 Å². The number of thiophene rings is 1. The minimum absolute atomic E-state index is 0.148. The molecule has 0 saturated carbocycles. The lowest BCUT2D eigenvalue weighted by Gasteiger charge is -2.33. The van der Waals surface area contributed by atoms with Crippen LogP contribution in [0.4, 0.5) is 4.39 Å². The number of methoxy groups -OCH3 is 1. The molecule has 1 aliphatic heterocycles. The van der Waals surface area contributed by atoms with E-state index in [4.69, 9.17) is 4.74 Å². The van der Waals surface area contributed by atoms with Crippen LogP contribution in [0, 0.1) is 5.82 Å². The van der Waals surface area contributed by atoms with Gasteiger partial charge in [-0.25, -0.2) is 9.18 Å². The number of ether oxygens (including phenoxy) is 2. The minimum Gasteiger partial charge on any atom is -0.465 e. The molecule has 1 aromatic heterocycles. The second-order valence-electron chi connectivity index (χ2n) is 5.32. The van der Waals surface area contributed by atoms with E-state index >= 15 is 0 Å². The summed E-state index contributed by atoms with van der Waals surface area (Å²) in [5.74, 6) is -0.910. The van der Waals surface area contributed by atoms with Gasteiger partial charge in [0.15, 0.2) is 0 Å². The molecule has 0 aliphatic carbocycles. The van der Waals surface area contributed by atoms with E-state index in [9.17, 15) is 14.0 Å². The van der Waals surface area contributed by atoms with Gasteiger partial charge in [0.25, 0.3) is 5.91 Å². The fourth-order valence-corrected chi connectivity index (χ4v) is 3.42. The Morgan fingerprint density at radius 1 is 1.21 bits per heavy atom. The molecule has 1 aromatic carbocycles. The van der Waals surface area contributed by atoms with Crippen LogP contribution in [-0.4, -0.2) is 43.6 Å².